The predicted molar refractivity (Wildman–Crippen MR) is 66.3 cm³/mol. The van der Waals surface area contributed by atoms with E-state index in [1.807, 2.05) is 0 Å². The molecule has 0 radical (unpaired) electrons. The van der Waals surface area contributed by atoms with Crippen LogP contribution in [0.2, 0.25) is 0 Å². The number of nitrogens with zero attached hydrogens (tertiary/aromatic N) is 1. The van der Waals surface area contributed by atoms with Crippen LogP contribution < -0.4 is 4.74 Å². The zero-order valence-corrected chi connectivity index (χ0v) is 10.2. The summed E-state index contributed by atoms with van der Waals surface area (Å²) in [6.07, 6.45) is 1.42. The summed E-state index contributed by atoms with van der Waals surface area (Å²) in [5, 5.41) is 8.66. The maximum atomic E-state index is 12.9. The number of carboxylic acids is 1. The van der Waals surface area contributed by atoms with Gasteiger partial charge in [-0.05, 0) is 12.1 Å². The van der Waals surface area contributed by atoms with Crippen LogP contribution in [-0.2, 0) is 9.59 Å². The lowest BCUT2D eigenvalue weighted by Gasteiger charge is -2.18. The van der Waals surface area contributed by atoms with Gasteiger partial charge in [-0.15, -0.1) is 6.58 Å². The molecule has 1 rings (SSSR count). The van der Waals surface area contributed by atoms with Crippen LogP contribution in [0.3, 0.4) is 0 Å². The predicted octanol–water partition coefficient (Wildman–Crippen LogP) is 1.30. The van der Waals surface area contributed by atoms with Crippen molar-refractivity contribution in [2.45, 2.75) is 0 Å². The highest BCUT2D eigenvalue weighted by Gasteiger charge is 2.15. The number of halogens is 1. The molecule has 0 saturated carbocycles. The summed E-state index contributed by atoms with van der Waals surface area (Å²) >= 11 is 0. The molecule has 0 aliphatic carbocycles. The molecule has 0 atom stereocenters. The van der Waals surface area contributed by atoms with Crippen molar-refractivity contribution in [2.75, 3.05) is 19.7 Å². The van der Waals surface area contributed by atoms with E-state index in [-0.39, 0.29) is 18.9 Å². The molecule has 0 aliphatic rings. The molecule has 0 aromatic heterocycles. The maximum Gasteiger partial charge on any atom is 0.323 e. The van der Waals surface area contributed by atoms with Crippen LogP contribution in [-0.4, -0.2) is 41.6 Å². The molecular weight excluding hydrogens is 253 g/mol. The quantitative estimate of drug-likeness (QED) is 0.756. The van der Waals surface area contributed by atoms with Gasteiger partial charge in [0.15, 0.2) is 6.61 Å². The molecule has 0 saturated heterocycles. The minimum Gasteiger partial charge on any atom is -0.484 e. The molecule has 1 aromatic carbocycles. The Labute approximate surface area is 109 Å². The lowest BCUT2D eigenvalue weighted by atomic mass is 10.3. The van der Waals surface area contributed by atoms with E-state index >= 15 is 0 Å². The molecule has 6 heteroatoms. The second-order valence-electron chi connectivity index (χ2n) is 3.70. The lowest BCUT2D eigenvalue weighted by molar-refractivity contribution is -0.144. The standard InChI is InChI=1S/C13H14FNO4/c1-2-6-15(8-13(17)18)12(16)9-19-11-5-3-4-10(14)7-11/h2-5,7H,1,6,8-9H2,(H,17,18). The molecule has 0 fully saturated rings. The number of hydrogen-bond acceptors (Lipinski definition) is 3. The molecule has 0 bridgehead atoms. The van der Waals surface area contributed by atoms with Crippen molar-refractivity contribution in [2.24, 2.45) is 0 Å². The number of carbonyl (C=O) groups is 2. The maximum absolute atomic E-state index is 12.9. The Kier molecular flexibility index (Phi) is 5.53. The second kappa shape index (κ2) is 7.15. The monoisotopic (exact) mass is 267 g/mol. The van der Waals surface area contributed by atoms with Crippen molar-refractivity contribution in [3.05, 3.63) is 42.7 Å². The highest BCUT2D eigenvalue weighted by Crippen LogP contribution is 2.11. The third-order valence-corrected chi connectivity index (χ3v) is 2.19. The van der Waals surface area contributed by atoms with E-state index < -0.39 is 24.2 Å². The van der Waals surface area contributed by atoms with Gasteiger partial charge >= 0.3 is 5.97 Å². The first-order valence-electron chi connectivity index (χ1n) is 5.51. The normalized spacial score (nSPS) is 9.74. The first kappa shape index (κ1) is 14.7. The smallest absolute Gasteiger partial charge is 0.323 e. The van der Waals surface area contributed by atoms with E-state index in [0.717, 1.165) is 11.0 Å². The van der Waals surface area contributed by atoms with Gasteiger partial charge in [-0.1, -0.05) is 12.1 Å². The summed E-state index contributed by atoms with van der Waals surface area (Å²) < 4.78 is 18.0. The highest BCUT2D eigenvalue weighted by atomic mass is 19.1. The number of carbonyl (C=O) groups excluding carboxylic acids is 1. The summed E-state index contributed by atoms with van der Waals surface area (Å²) in [6.45, 7) is 2.76. The Morgan fingerprint density at radius 1 is 1.47 bits per heavy atom. The van der Waals surface area contributed by atoms with Gasteiger partial charge < -0.3 is 14.7 Å². The van der Waals surface area contributed by atoms with E-state index in [0.29, 0.717) is 0 Å². The summed E-state index contributed by atoms with van der Waals surface area (Å²) in [5.41, 5.74) is 0. The van der Waals surface area contributed by atoms with Crippen LogP contribution in [0.1, 0.15) is 0 Å². The van der Waals surface area contributed by atoms with Crippen molar-refractivity contribution in [3.63, 3.8) is 0 Å². The largest absolute Gasteiger partial charge is 0.484 e. The zero-order valence-electron chi connectivity index (χ0n) is 10.2. The van der Waals surface area contributed by atoms with Gasteiger partial charge in [0, 0.05) is 12.6 Å². The zero-order chi connectivity index (χ0) is 14.3. The average Bonchev–Trinajstić information content (AvgIpc) is 2.35. The Hall–Kier alpha value is -2.37. The van der Waals surface area contributed by atoms with Crippen LogP contribution in [0.15, 0.2) is 36.9 Å². The summed E-state index contributed by atoms with van der Waals surface area (Å²) in [4.78, 5) is 23.4. The molecule has 5 nitrogen and oxygen atoms in total. The van der Waals surface area contributed by atoms with Gasteiger partial charge in [0.2, 0.25) is 0 Å². The highest BCUT2D eigenvalue weighted by molar-refractivity contribution is 5.82. The van der Waals surface area contributed by atoms with Crippen molar-refractivity contribution >= 4 is 11.9 Å². The van der Waals surface area contributed by atoms with E-state index in [1.165, 1.54) is 24.3 Å². The molecule has 0 unspecified atom stereocenters. The summed E-state index contributed by atoms with van der Waals surface area (Å²) in [6, 6.07) is 5.35. The van der Waals surface area contributed by atoms with E-state index in [2.05, 4.69) is 6.58 Å². The molecule has 0 heterocycles. The van der Waals surface area contributed by atoms with E-state index in [4.69, 9.17) is 9.84 Å². The minimum atomic E-state index is -1.12. The molecule has 0 aliphatic heterocycles. The Morgan fingerprint density at radius 2 is 2.21 bits per heavy atom. The third kappa shape index (κ3) is 5.20. The third-order valence-electron chi connectivity index (χ3n) is 2.19. The molecule has 1 amide bonds. The van der Waals surface area contributed by atoms with E-state index in [1.54, 1.807) is 0 Å². The van der Waals surface area contributed by atoms with E-state index in [9.17, 15) is 14.0 Å². The molecule has 1 aromatic rings. The van der Waals surface area contributed by atoms with Crippen molar-refractivity contribution in [1.82, 2.24) is 4.90 Å². The van der Waals surface area contributed by atoms with Gasteiger partial charge in [-0.25, -0.2) is 4.39 Å². The molecule has 1 N–H and O–H groups in total. The molecule has 19 heavy (non-hydrogen) atoms. The fraction of sp³-hybridized carbons (Fsp3) is 0.231. The van der Waals surface area contributed by atoms with Gasteiger partial charge in [0.05, 0.1) is 0 Å². The van der Waals surface area contributed by atoms with Crippen LogP contribution >= 0.6 is 0 Å². The van der Waals surface area contributed by atoms with Gasteiger partial charge in [0.1, 0.15) is 18.1 Å². The first-order valence-corrected chi connectivity index (χ1v) is 5.51. The number of ether oxygens (including phenoxy) is 1. The van der Waals surface area contributed by atoms with Crippen molar-refractivity contribution in [1.29, 1.82) is 0 Å². The fourth-order valence-electron chi connectivity index (χ4n) is 1.37. The van der Waals surface area contributed by atoms with Crippen molar-refractivity contribution in [3.8, 4) is 5.75 Å². The number of rotatable bonds is 7. The Bertz CT molecular complexity index is 475. The average molecular weight is 267 g/mol. The van der Waals surface area contributed by atoms with Crippen LogP contribution in [0.25, 0.3) is 0 Å². The summed E-state index contributed by atoms with van der Waals surface area (Å²) in [5.74, 6) is -1.90. The van der Waals surface area contributed by atoms with Gasteiger partial charge in [-0.3, -0.25) is 9.59 Å². The molecule has 102 valence electrons. The fourth-order valence-corrected chi connectivity index (χ4v) is 1.37. The number of aliphatic carboxylic acids is 1. The minimum absolute atomic E-state index is 0.109. The second-order valence-corrected chi connectivity index (χ2v) is 3.70. The number of amides is 1. The van der Waals surface area contributed by atoms with Crippen LogP contribution in [0, 0.1) is 5.82 Å². The van der Waals surface area contributed by atoms with Gasteiger partial charge in [0.25, 0.3) is 5.91 Å². The number of hydrogen-bond donors (Lipinski definition) is 1. The Morgan fingerprint density at radius 3 is 2.79 bits per heavy atom. The SMILES string of the molecule is C=CCN(CC(=O)O)C(=O)COc1cccc(F)c1. The van der Waals surface area contributed by atoms with Crippen molar-refractivity contribution < 1.29 is 23.8 Å². The molecular formula is C13H14FNO4. The van der Waals surface area contributed by atoms with Gasteiger partial charge in [-0.2, -0.15) is 0 Å². The lowest BCUT2D eigenvalue weighted by Crippen LogP contribution is -2.38. The topological polar surface area (TPSA) is 66.8 Å². The Balaban J connectivity index is 2.56. The van der Waals surface area contributed by atoms with Crippen LogP contribution in [0.5, 0.6) is 5.75 Å². The number of carboxylic acid groups (broad SMARTS) is 1. The number of benzene rings is 1. The summed E-state index contributed by atoms with van der Waals surface area (Å²) in [7, 11) is 0. The molecule has 0 spiro atoms. The first-order chi connectivity index (χ1) is 9.02. The van der Waals surface area contributed by atoms with Crippen LogP contribution in [0.4, 0.5) is 4.39 Å².